The van der Waals surface area contributed by atoms with Crippen molar-refractivity contribution in [3.05, 3.63) is 47.9 Å². The van der Waals surface area contributed by atoms with Gasteiger partial charge in [0.05, 0.1) is 20.1 Å². The van der Waals surface area contributed by atoms with Gasteiger partial charge in [-0.1, -0.05) is 0 Å². The molecule has 0 unspecified atom stereocenters. The number of anilines is 1. The van der Waals surface area contributed by atoms with Crippen molar-refractivity contribution >= 4 is 28.6 Å². The van der Waals surface area contributed by atoms with E-state index >= 15 is 0 Å². The summed E-state index contributed by atoms with van der Waals surface area (Å²) < 4.78 is 16.0. The van der Waals surface area contributed by atoms with Crippen molar-refractivity contribution in [2.24, 2.45) is 5.92 Å². The Bertz CT molecular complexity index is 1090. The van der Waals surface area contributed by atoms with Crippen molar-refractivity contribution in [3.8, 4) is 11.5 Å². The third-order valence-electron chi connectivity index (χ3n) is 5.16. The fourth-order valence-electron chi connectivity index (χ4n) is 3.63. The number of rotatable bonds is 6. The lowest BCUT2D eigenvalue weighted by atomic mass is 10.1. The third-order valence-corrected chi connectivity index (χ3v) is 5.16. The molecule has 1 atom stereocenters. The second kappa shape index (κ2) is 8.06. The maximum absolute atomic E-state index is 12.7. The Kier molecular flexibility index (Phi) is 5.31. The molecule has 2 amide bonds. The Morgan fingerprint density at radius 3 is 2.63 bits per heavy atom. The number of carbonyl (C=O) groups is 2. The second-order valence-electron chi connectivity index (χ2n) is 7.23. The quantitative estimate of drug-likeness (QED) is 0.673. The number of benzene rings is 2. The van der Waals surface area contributed by atoms with E-state index in [0.29, 0.717) is 47.3 Å². The highest BCUT2D eigenvalue weighted by Gasteiger charge is 2.35. The molecule has 156 valence electrons. The standard InChI is InChI=1S/C22H23N3O5/c1-13-24-19-9-16(4-5-20(19)30-13)25-12-15(8-21(25)26)22(27)23-11-14-6-17(28-2)10-18(7-14)29-3/h4-7,9-10,15H,8,11-12H2,1-3H3,(H,23,27)/t15-/m1/s1. The molecule has 1 N–H and O–H groups in total. The zero-order valence-electron chi connectivity index (χ0n) is 17.1. The van der Waals surface area contributed by atoms with Crippen LogP contribution in [0.3, 0.4) is 0 Å². The monoisotopic (exact) mass is 409 g/mol. The predicted molar refractivity (Wildman–Crippen MR) is 111 cm³/mol. The molecular weight excluding hydrogens is 386 g/mol. The van der Waals surface area contributed by atoms with Gasteiger partial charge >= 0.3 is 0 Å². The van der Waals surface area contributed by atoms with E-state index in [-0.39, 0.29) is 18.2 Å². The molecule has 1 aliphatic rings. The van der Waals surface area contributed by atoms with Crippen LogP contribution in [0.25, 0.3) is 11.1 Å². The summed E-state index contributed by atoms with van der Waals surface area (Å²) in [6, 6.07) is 10.9. The fraction of sp³-hybridized carbons (Fsp3) is 0.318. The molecule has 2 aromatic carbocycles. The second-order valence-corrected chi connectivity index (χ2v) is 7.23. The Morgan fingerprint density at radius 2 is 1.93 bits per heavy atom. The predicted octanol–water partition coefficient (Wildman–Crippen LogP) is 2.82. The number of fused-ring (bicyclic) bond motifs is 1. The molecule has 2 heterocycles. The number of hydrogen-bond acceptors (Lipinski definition) is 6. The van der Waals surface area contributed by atoms with E-state index in [1.807, 2.05) is 24.3 Å². The third kappa shape index (κ3) is 3.94. The van der Waals surface area contributed by atoms with Crippen molar-refractivity contribution in [2.75, 3.05) is 25.7 Å². The van der Waals surface area contributed by atoms with Crippen molar-refractivity contribution in [1.29, 1.82) is 0 Å². The first-order valence-corrected chi connectivity index (χ1v) is 9.64. The molecule has 30 heavy (non-hydrogen) atoms. The Hall–Kier alpha value is -3.55. The molecule has 1 aromatic heterocycles. The van der Waals surface area contributed by atoms with Gasteiger partial charge in [-0.3, -0.25) is 9.59 Å². The number of ether oxygens (including phenoxy) is 2. The minimum absolute atomic E-state index is 0.0854. The maximum Gasteiger partial charge on any atom is 0.227 e. The highest BCUT2D eigenvalue weighted by molar-refractivity contribution is 6.01. The normalized spacial score (nSPS) is 16.2. The summed E-state index contributed by atoms with van der Waals surface area (Å²) in [6.45, 7) is 2.43. The van der Waals surface area contributed by atoms with Crippen LogP contribution in [-0.2, 0) is 16.1 Å². The zero-order valence-corrected chi connectivity index (χ0v) is 17.1. The molecule has 1 saturated heterocycles. The molecule has 0 aliphatic carbocycles. The van der Waals surface area contributed by atoms with Gasteiger partial charge in [-0.05, 0) is 35.9 Å². The van der Waals surface area contributed by atoms with Crippen LogP contribution in [0.4, 0.5) is 5.69 Å². The van der Waals surface area contributed by atoms with E-state index in [1.165, 1.54) is 0 Å². The molecule has 4 rings (SSSR count). The fourth-order valence-corrected chi connectivity index (χ4v) is 3.63. The van der Waals surface area contributed by atoms with Crippen LogP contribution in [-0.4, -0.2) is 37.6 Å². The Balaban J connectivity index is 1.42. The molecule has 1 fully saturated rings. The van der Waals surface area contributed by atoms with E-state index in [9.17, 15) is 9.59 Å². The molecule has 8 heteroatoms. The first-order valence-electron chi connectivity index (χ1n) is 9.64. The van der Waals surface area contributed by atoms with Gasteiger partial charge in [-0.25, -0.2) is 4.98 Å². The van der Waals surface area contributed by atoms with Crippen LogP contribution in [0.1, 0.15) is 17.9 Å². The summed E-state index contributed by atoms with van der Waals surface area (Å²) in [6.07, 6.45) is 0.170. The number of carbonyl (C=O) groups excluding carboxylic acids is 2. The molecule has 0 spiro atoms. The van der Waals surface area contributed by atoms with Crippen LogP contribution in [0, 0.1) is 12.8 Å². The SMILES string of the molecule is COc1cc(CNC(=O)[C@@H]2CC(=O)N(c3ccc4oc(C)nc4c3)C2)cc(OC)c1. The van der Waals surface area contributed by atoms with E-state index in [0.717, 1.165) is 5.56 Å². The van der Waals surface area contributed by atoms with E-state index in [4.69, 9.17) is 13.9 Å². The first kappa shape index (κ1) is 19.8. The van der Waals surface area contributed by atoms with Gasteiger partial charge in [-0.15, -0.1) is 0 Å². The number of hydrogen-bond donors (Lipinski definition) is 1. The topological polar surface area (TPSA) is 93.9 Å². The van der Waals surface area contributed by atoms with Gasteiger partial charge < -0.3 is 24.1 Å². The molecule has 0 radical (unpaired) electrons. The van der Waals surface area contributed by atoms with Gasteiger partial charge in [0, 0.05) is 38.2 Å². The van der Waals surface area contributed by atoms with Crippen LogP contribution < -0.4 is 19.7 Å². The lowest BCUT2D eigenvalue weighted by molar-refractivity contribution is -0.126. The maximum atomic E-state index is 12.7. The van der Waals surface area contributed by atoms with E-state index < -0.39 is 5.92 Å². The number of aryl methyl sites for hydroxylation is 1. The largest absolute Gasteiger partial charge is 0.497 e. The van der Waals surface area contributed by atoms with E-state index in [2.05, 4.69) is 10.3 Å². The summed E-state index contributed by atoms with van der Waals surface area (Å²) in [5.74, 6) is 1.21. The summed E-state index contributed by atoms with van der Waals surface area (Å²) in [4.78, 5) is 31.2. The van der Waals surface area contributed by atoms with Gasteiger partial charge in [-0.2, -0.15) is 0 Å². The summed E-state index contributed by atoms with van der Waals surface area (Å²) in [5.41, 5.74) is 2.93. The summed E-state index contributed by atoms with van der Waals surface area (Å²) in [7, 11) is 3.15. The molecule has 1 aliphatic heterocycles. The summed E-state index contributed by atoms with van der Waals surface area (Å²) >= 11 is 0. The average molecular weight is 409 g/mol. The van der Waals surface area contributed by atoms with Gasteiger partial charge in [0.1, 0.15) is 17.0 Å². The lowest BCUT2D eigenvalue weighted by Gasteiger charge is -2.16. The smallest absolute Gasteiger partial charge is 0.227 e. The highest BCUT2D eigenvalue weighted by Crippen LogP contribution is 2.29. The van der Waals surface area contributed by atoms with Crippen molar-refractivity contribution in [3.63, 3.8) is 0 Å². The van der Waals surface area contributed by atoms with Gasteiger partial charge in [0.15, 0.2) is 11.5 Å². The van der Waals surface area contributed by atoms with E-state index in [1.54, 1.807) is 38.2 Å². The Labute approximate surface area is 173 Å². The number of nitrogens with one attached hydrogen (secondary N) is 1. The molecule has 8 nitrogen and oxygen atoms in total. The molecule has 3 aromatic rings. The zero-order chi connectivity index (χ0) is 21.3. The minimum atomic E-state index is -0.417. The molecule has 0 saturated carbocycles. The summed E-state index contributed by atoms with van der Waals surface area (Å²) in [5, 5.41) is 2.91. The number of aromatic nitrogens is 1. The van der Waals surface area contributed by atoms with Crippen molar-refractivity contribution in [1.82, 2.24) is 10.3 Å². The Morgan fingerprint density at radius 1 is 1.20 bits per heavy atom. The van der Waals surface area contributed by atoms with Crippen LogP contribution >= 0.6 is 0 Å². The number of amides is 2. The van der Waals surface area contributed by atoms with Gasteiger partial charge in [0.25, 0.3) is 0 Å². The van der Waals surface area contributed by atoms with Crippen molar-refractivity contribution in [2.45, 2.75) is 19.9 Å². The van der Waals surface area contributed by atoms with Gasteiger partial charge in [0.2, 0.25) is 11.8 Å². The van der Waals surface area contributed by atoms with Crippen molar-refractivity contribution < 1.29 is 23.5 Å². The molecule has 0 bridgehead atoms. The van der Waals surface area contributed by atoms with Crippen LogP contribution in [0.15, 0.2) is 40.8 Å². The van der Waals surface area contributed by atoms with Crippen LogP contribution in [0.5, 0.6) is 11.5 Å². The molecular formula is C22H23N3O5. The number of nitrogens with zero attached hydrogens (tertiary/aromatic N) is 2. The number of methoxy groups -OCH3 is 2. The number of oxazole rings is 1. The average Bonchev–Trinajstić information content (AvgIpc) is 3.32. The lowest BCUT2D eigenvalue weighted by Crippen LogP contribution is -2.32. The highest BCUT2D eigenvalue weighted by atomic mass is 16.5. The van der Waals surface area contributed by atoms with Crippen LogP contribution in [0.2, 0.25) is 0 Å². The first-order chi connectivity index (χ1) is 14.5. The minimum Gasteiger partial charge on any atom is -0.497 e.